The highest BCUT2D eigenvalue weighted by Gasteiger charge is 2.20. The van der Waals surface area contributed by atoms with Crippen LogP contribution in [-0.4, -0.2) is 10.9 Å². The molecule has 1 aromatic rings. The van der Waals surface area contributed by atoms with Crippen LogP contribution in [0.25, 0.3) is 0 Å². The maximum atomic E-state index is 12.1. The minimum absolute atomic E-state index is 0.0225. The lowest BCUT2D eigenvalue weighted by Gasteiger charge is -2.21. The maximum Gasteiger partial charge on any atom is 0.166 e. The summed E-state index contributed by atoms with van der Waals surface area (Å²) in [6.07, 6.45) is 0.473. The number of Topliss-reactive ketones (excluding diaryl/α,β-unsaturated/α-hetero) is 1. The number of benzene rings is 1. The highest BCUT2D eigenvalue weighted by Crippen LogP contribution is 2.31. The highest BCUT2D eigenvalue weighted by atomic mass is 16.3. The lowest BCUT2D eigenvalue weighted by molar-refractivity contribution is 0.0965. The number of carbonyl (C=O) groups excluding carboxylic acids is 1. The van der Waals surface area contributed by atoms with Crippen molar-refractivity contribution in [1.29, 1.82) is 0 Å². The fourth-order valence-corrected chi connectivity index (χ4v) is 1.91. The summed E-state index contributed by atoms with van der Waals surface area (Å²) in [6, 6.07) is 3.80. The Kier molecular flexibility index (Phi) is 4.20. The van der Waals surface area contributed by atoms with Gasteiger partial charge in [-0.05, 0) is 35.4 Å². The smallest absolute Gasteiger partial charge is 0.166 e. The first-order chi connectivity index (χ1) is 8.12. The van der Waals surface area contributed by atoms with E-state index in [2.05, 4.69) is 20.8 Å². The molecule has 0 radical (unpaired) electrons. The van der Waals surface area contributed by atoms with Crippen molar-refractivity contribution in [2.75, 3.05) is 0 Å². The Balaban J connectivity index is 3.27. The van der Waals surface area contributed by atoms with E-state index in [0.717, 1.165) is 11.1 Å². The molecule has 0 fully saturated rings. The normalized spacial score (nSPS) is 11.9. The second kappa shape index (κ2) is 5.13. The maximum absolute atomic E-state index is 12.1. The molecular formula is C16H24O2. The van der Waals surface area contributed by atoms with E-state index in [-0.39, 0.29) is 16.9 Å². The number of aryl methyl sites for hydroxylation is 1. The first kappa shape index (κ1) is 14.7. The molecule has 1 rings (SSSR count). The van der Waals surface area contributed by atoms with Gasteiger partial charge in [-0.25, -0.2) is 0 Å². The van der Waals surface area contributed by atoms with Crippen LogP contribution in [0.3, 0.4) is 0 Å². The molecule has 0 unspecified atom stereocenters. The first-order valence-corrected chi connectivity index (χ1v) is 6.50. The summed E-state index contributed by atoms with van der Waals surface area (Å²) in [5.41, 5.74) is 2.30. The number of hydrogen-bond donors (Lipinski definition) is 1. The molecule has 0 saturated carbocycles. The van der Waals surface area contributed by atoms with Gasteiger partial charge in [-0.3, -0.25) is 4.79 Å². The van der Waals surface area contributed by atoms with Gasteiger partial charge in [0.2, 0.25) is 0 Å². The third kappa shape index (κ3) is 3.34. The van der Waals surface area contributed by atoms with Gasteiger partial charge in [0.25, 0.3) is 0 Å². The molecule has 0 heterocycles. The van der Waals surface area contributed by atoms with Gasteiger partial charge < -0.3 is 5.11 Å². The fourth-order valence-electron chi connectivity index (χ4n) is 1.91. The number of aromatic hydroxyl groups is 1. The summed E-state index contributed by atoms with van der Waals surface area (Å²) in [6.45, 7) is 12.2. The average molecular weight is 248 g/mol. The molecule has 18 heavy (non-hydrogen) atoms. The van der Waals surface area contributed by atoms with E-state index in [1.54, 1.807) is 0 Å². The standard InChI is InChI=1S/C16H24O2/c1-10(2)7-14(17)13-9-12(16(4,5)6)8-11(3)15(13)18/h8-10,18H,7H2,1-6H3. The van der Waals surface area contributed by atoms with Gasteiger partial charge >= 0.3 is 0 Å². The summed E-state index contributed by atoms with van der Waals surface area (Å²) in [5, 5.41) is 10.1. The van der Waals surface area contributed by atoms with E-state index in [0.29, 0.717) is 17.9 Å². The molecule has 2 heteroatoms. The summed E-state index contributed by atoms with van der Waals surface area (Å²) >= 11 is 0. The Labute approximate surface area is 110 Å². The largest absolute Gasteiger partial charge is 0.507 e. The van der Waals surface area contributed by atoms with Crippen molar-refractivity contribution >= 4 is 5.78 Å². The molecular weight excluding hydrogens is 224 g/mol. The Hall–Kier alpha value is -1.31. The number of phenols is 1. The van der Waals surface area contributed by atoms with Gasteiger partial charge in [0, 0.05) is 6.42 Å². The number of ketones is 1. The zero-order chi connectivity index (χ0) is 14.1. The number of hydrogen-bond acceptors (Lipinski definition) is 2. The van der Waals surface area contributed by atoms with Gasteiger partial charge in [0.1, 0.15) is 5.75 Å². The fraction of sp³-hybridized carbons (Fsp3) is 0.562. The van der Waals surface area contributed by atoms with Crippen LogP contribution in [0.2, 0.25) is 0 Å². The van der Waals surface area contributed by atoms with Gasteiger partial charge in [-0.15, -0.1) is 0 Å². The quantitative estimate of drug-likeness (QED) is 0.813. The van der Waals surface area contributed by atoms with E-state index in [9.17, 15) is 9.90 Å². The molecule has 0 aliphatic carbocycles. The highest BCUT2D eigenvalue weighted by molar-refractivity contribution is 5.99. The predicted molar refractivity (Wildman–Crippen MR) is 75.3 cm³/mol. The number of phenolic OH excluding ortho intramolecular Hbond substituents is 1. The monoisotopic (exact) mass is 248 g/mol. The van der Waals surface area contributed by atoms with E-state index in [1.807, 2.05) is 32.9 Å². The minimum atomic E-state index is -0.0225. The molecule has 0 saturated heterocycles. The van der Waals surface area contributed by atoms with Crippen LogP contribution in [-0.2, 0) is 5.41 Å². The molecule has 2 nitrogen and oxygen atoms in total. The lowest BCUT2D eigenvalue weighted by Crippen LogP contribution is -2.13. The molecule has 0 amide bonds. The van der Waals surface area contributed by atoms with Gasteiger partial charge in [0.05, 0.1) is 5.56 Å². The number of carbonyl (C=O) groups is 1. The van der Waals surface area contributed by atoms with Crippen LogP contribution in [0.5, 0.6) is 5.75 Å². The molecule has 0 aromatic heterocycles. The van der Waals surface area contributed by atoms with Crippen LogP contribution < -0.4 is 0 Å². The molecule has 0 atom stereocenters. The molecule has 0 spiro atoms. The van der Waals surface area contributed by atoms with Crippen LogP contribution in [0, 0.1) is 12.8 Å². The lowest BCUT2D eigenvalue weighted by atomic mass is 9.84. The molecule has 0 aliphatic heterocycles. The Bertz CT molecular complexity index is 451. The molecule has 0 aliphatic rings. The topological polar surface area (TPSA) is 37.3 Å². The SMILES string of the molecule is Cc1cc(C(C)(C)C)cc(C(=O)CC(C)C)c1O. The minimum Gasteiger partial charge on any atom is -0.507 e. The predicted octanol–water partition coefficient (Wildman–Crippen LogP) is 4.23. The molecule has 0 bridgehead atoms. The first-order valence-electron chi connectivity index (χ1n) is 6.50. The van der Waals surface area contributed by atoms with Gasteiger partial charge in [0.15, 0.2) is 5.78 Å². The van der Waals surface area contributed by atoms with E-state index in [1.165, 1.54) is 0 Å². The van der Waals surface area contributed by atoms with Crippen molar-refractivity contribution in [1.82, 2.24) is 0 Å². The molecule has 1 N–H and O–H groups in total. The van der Waals surface area contributed by atoms with Crippen molar-refractivity contribution in [3.63, 3.8) is 0 Å². The van der Waals surface area contributed by atoms with Crippen molar-refractivity contribution in [2.45, 2.75) is 53.4 Å². The van der Waals surface area contributed by atoms with Gasteiger partial charge in [-0.2, -0.15) is 0 Å². The Morgan fingerprint density at radius 2 is 1.83 bits per heavy atom. The summed E-state index contributed by atoms with van der Waals surface area (Å²) in [4.78, 5) is 12.1. The van der Waals surface area contributed by atoms with Crippen LogP contribution in [0.1, 0.15) is 62.5 Å². The third-order valence-corrected chi connectivity index (χ3v) is 3.06. The van der Waals surface area contributed by atoms with Crippen LogP contribution in [0.15, 0.2) is 12.1 Å². The van der Waals surface area contributed by atoms with E-state index in [4.69, 9.17) is 0 Å². The van der Waals surface area contributed by atoms with Gasteiger partial charge in [-0.1, -0.05) is 40.7 Å². The summed E-state index contributed by atoms with van der Waals surface area (Å²) in [7, 11) is 0. The van der Waals surface area contributed by atoms with Crippen LogP contribution in [0.4, 0.5) is 0 Å². The van der Waals surface area contributed by atoms with E-state index >= 15 is 0 Å². The Morgan fingerprint density at radius 3 is 2.28 bits per heavy atom. The van der Waals surface area contributed by atoms with Crippen molar-refractivity contribution < 1.29 is 9.90 Å². The second-order valence-electron chi connectivity index (χ2n) is 6.46. The van der Waals surface area contributed by atoms with E-state index < -0.39 is 0 Å². The molecule has 1 aromatic carbocycles. The number of rotatable bonds is 3. The second-order valence-corrected chi connectivity index (χ2v) is 6.46. The summed E-state index contributed by atoms with van der Waals surface area (Å²) in [5.74, 6) is 0.459. The zero-order valence-corrected chi connectivity index (χ0v) is 12.3. The summed E-state index contributed by atoms with van der Waals surface area (Å²) < 4.78 is 0. The Morgan fingerprint density at radius 1 is 1.28 bits per heavy atom. The van der Waals surface area contributed by atoms with Crippen molar-refractivity contribution in [3.8, 4) is 5.75 Å². The van der Waals surface area contributed by atoms with Crippen LogP contribution >= 0.6 is 0 Å². The zero-order valence-electron chi connectivity index (χ0n) is 12.3. The van der Waals surface area contributed by atoms with Crippen molar-refractivity contribution in [3.05, 3.63) is 28.8 Å². The average Bonchev–Trinajstić information content (AvgIpc) is 2.18. The third-order valence-electron chi connectivity index (χ3n) is 3.06. The van der Waals surface area contributed by atoms with Crippen molar-refractivity contribution in [2.24, 2.45) is 5.92 Å². The molecule has 100 valence electrons.